The van der Waals surface area contributed by atoms with Crippen LogP contribution >= 0.6 is 0 Å². The van der Waals surface area contributed by atoms with Crippen molar-refractivity contribution >= 4 is 6.08 Å². The van der Waals surface area contributed by atoms with Gasteiger partial charge in [-0.25, -0.2) is 4.98 Å². The summed E-state index contributed by atoms with van der Waals surface area (Å²) in [7, 11) is 4.15. The molecule has 1 aromatic heterocycles. The highest BCUT2D eigenvalue weighted by Gasteiger charge is 2.39. The largest absolute Gasteiger partial charge is 0.327 e. The van der Waals surface area contributed by atoms with E-state index in [9.17, 15) is 0 Å². The summed E-state index contributed by atoms with van der Waals surface area (Å²) in [5.41, 5.74) is 1.18. The SMILES string of the molecule is CN(C)Cc1cn2c(n1)C=CC1CC12. The molecule has 3 rings (SSSR count). The number of rotatable bonds is 2. The van der Waals surface area contributed by atoms with Crippen LogP contribution in [0.5, 0.6) is 0 Å². The van der Waals surface area contributed by atoms with Gasteiger partial charge in [-0.05, 0) is 26.6 Å². The molecule has 0 bridgehead atoms. The van der Waals surface area contributed by atoms with Gasteiger partial charge in [-0.1, -0.05) is 6.08 Å². The van der Waals surface area contributed by atoms with E-state index in [0.717, 1.165) is 24.3 Å². The van der Waals surface area contributed by atoms with E-state index < -0.39 is 0 Å². The molecule has 74 valence electrons. The summed E-state index contributed by atoms with van der Waals surface area (Å²) in [5.74, 6) is 1.93. The minimum absolute atomic E-state index is 0.721. The molecule has 0 saturated heterocycles. The molecule has 1 aliphatic carbocycles. The number of nitrogens with zero attached hydrogens (tertiary/aromatic N) is 3. The van der Waals surface area contributed by atoms with Crippen LogP contribution in [0.15, 0.2) is 12.3 Å². The van der Waals surface area contributed by atoms with Crippen molar-refractivity contribution in [2.24, 2.45) is 5.92 Å². The highest BCUT2D eigenvalue weighted by molar-refractivity contribution is 5.47. The Bertz CT molecular complexity index is 389. The second-order valence-corrected chi connectivity index (χ2v) is 4.56. The third-order valence-corrected chi connectivity index (χ3v) is 2.94. The summed E-state index contributed by atoms with van der Waals surface area (Å²) in [6.07, 6.45) is 7.98. The Kier molecular flexibility index (Phi) is 1.59. The van der Waals surface area contributed by atoms with Crippen LogP contribution in [-0.4, -0.2) is 28.5 Å². The summed E-state index contributed by atoms with van der Waals surface area (Å²) in [4.78, 5) is 6.76. The van der Waals surface area contributed by atoms with Gasteiger partial charge >= 0.3 is 0 Å². The van der Waals surface area contributed by atoms with Gasteiger partial charge in [0.05, 0.1) is 5.69 Å². The minimum atomic E-state index is 0.721. The Morgan fingerprint density at radius 1 is 1.57 bits per heavy atom. The maximum Gasteiger partial charge on any atom is 0.132 e. The fraction of sp³-hybridized carbons (Fsp3) is 0.545. The molecule has 0 aromatic carbocycles. The highest BCUT2D eigenvalue weighted by atomic mass is 15.2. The number of imidazole rings is 1. The molecule has 1 fully saturated rings. The summed E-state index contributed by atoms with van der Waals surface area (Å²) < 4.78 is 2.34. The van der Waals surface area contributed by atoms with Gasteiger partial charge in [-0.15, -0.1) is 0 Å². The molecule has 1 aliphatic heterocycles. The molecule has 1 aromatic rings. The van der Waals surface area contributed by atoms with Crippen LogP contribution < -0.4 is 0 Å². The Morgan fingerprint density at radius 2 is 2.43 bits per heavy atom. The van der Waals surface area contributed by atoms with Crippen molar-refractivity contribution < 1.29 is 0 Å². The molecular weight excluding hydrogens is 174 g/mol. The first-order valence-corrected chi connectivity index (χ1v) is 5.15. The van der Waals surface area contributed by atoms with Crippen LogP contribution in [0.4, 0.5) is 0 Å². The standard InChI is InChI=1S/C11H15N3/c1-13(2)6-9-7-14-10-5-8(10)3-4-11(14)12-9/h3-4,7-8,10H,5-6H2,1-2H3. The smallest absolute Gasteiger partial charge is 0.132 e. The lowest BCUT2D eigenvalue weighted by Crippen LogP contribution is -2.10. The average molecular weight is 189 g/mol. The third-order valence-electron chi connectivity index (χ3n) is 2.94. The Hall–Kier alpha value is -1.09. The van der Waals surface area contributed by atoms with Gasteiger partial charge < -0.3 is 9.47 Å². The van der Waals surface area contributed by atoms with Gasteiger partial charge in [-0.3, -0.25) is 0 Å². The lowest BCUT2D eigenvalue weighted by molar-refractivity contribution is 0.397. The fourth-order valence-corrected chi connectivity index (χ4v) is 2.19. The predicted octanol–water partition coefficient (Wildman–Crippen LogP) is 1.53. The number of allylic oxidation sites excluding steroid dienone is 1. The van der Waals surface area contributed by atoms with Crippen molar-refractivity contribution in [3.63, 3.8) is 0 Å². The zero-order valence-corrected chi connectivity index (χ0v) is 8.64. The number of fused-ring (bicyclic) bond motifs is 3. The molecule has 0 spiro atoms. The molecule has 0 amide bonds. The topological polar surface area (TPSA) is 21.1 Å². The molecule has 3 nitrogen and oxygen atoms in total. The van der Waals surface area contributed by atoms with Gasteiger partial charge in [0.25, 0.3) is 0 Å². The van der Waals surface area contributed by atoms with Crippen molar-refractivity contribution in [3.8, 4) is 0 Å². The first-order valence-electron chi connectivity index (χ1n) is 5.15. The molecule has 3 heteroatoms. The second kappa shape index (κ2) is 2.70. The zero-order chi connectivity index (χ0) is 9.71. The maximum atomic E-state index is 4.60. The van der Waals surface area contributed by atoms with Crippen LogP contribution in [0.25, 0.3) is 6.08 Å². The minimum Gasteiger partial charge on any atom is -0.327 e. The van der Waals surface area contributed by atoms with Crippen LogP contribution in [0.2, 0.25) is 0 Å². The van der Waals surface area contributed by atoms with Crippen molar-refractivity contribution in [3.05, 3.63) is 23.8 Å². The van der Waals surface area contributed by atoms with Crippen molar-refractivity contribution in [2.75, 3.05) is 14.1 Å². The van der Waals surface area contributed by atoms with E-state index in [1.807, 2.05) is 0 Å². The summed E-state index contributed by atoms with van der Waals surface area (Å²) in [6.45, 7) is 0.936. The van der Waals surface area contributed by atoms with Crippen molar-refractivity contribution in [1.29, 1.82) is 0 Å². The van der Waals surface area contributed by atoms with Crippen LogP contribution in [0.1, 0.15) is 24.0 Å². The Morgan fingerprint density at radius 3 is 3.21 bits per heavy atom. The van der Waals surface area contributed by atoms with E-state index in [-0.39, 0.29) is 0 Å². The van der Waals surface area contributed by atoms with Crippen LogP contribution in [0.3, 0.4) is 0 Å². The molecule has 2 unspecified atom stereocenters. The first-order chi connectivity index (χ1) is 6.74. The average Bonchev–Trinajstić information content (AvgIpc) is 2.79. The van der Waals surface area contributed by atoms with E-state index in [1.54, 1.807) is 0 Å². The molecule has 1 saturated carbocycles. The van der Waals surface area contributed by atoms with Gasteiger partial charge in [0.15, 0.2) is 0 Å². The van der Waals surface area contributed by atoms with E-state index in [1.165, 1.54) is 12.1 Å². The van der Waals surface area contributed by atoms with E-state index in [4.69, 9.17) is 0 Å². The first kappa shape index (κ1) is 8.24. The molecule has 2 aliphatic rings. The predicted molar refractivity (Wildman–Crippen MR) is 55.8 cm³/mol. The Labute approximate surface area is 84.0 Å². The Balaban J connectivity index is 1.92. The molecule has 2 heterocycles. The lowest BCUT2D eigenvalue weighted by Gasteiger charge is -2.06. The number of hydrogen-bond acceptors (Lipinski definition) is 2. The highest BCUT2D eigenvalue weighted by Crippen LogP contribution is 2.47. The van der Waals surface area contributed by atoms with E-state index in [2.05, 4.69) is 46.9 Å². The number of hydrogen-bond donors (Lipinski definition) is 0. The van der Waals surface area contributed by atoms with Gasteiger partial charge in [0, 0.05) is 24.7 Å². The van der Waals surface area contributed by atoms with Gasteiger partial charge in [0.1, 0.15) is 5.82 Å². The van der Waals surface area contributed by atoms with E-state index in [0.29, 0.717) is 0 Å². The van der Waals surface area contributed by atoms with Gasteiger partial charge in [0.2, 0.25) is 0 Å². The van der Waals surface area contributed by atoms with Crippen LogP contribution in [0, 0.1) is 5.92 Å². The molecule has 14 heavy (non-hydrogen) atoms. The normalized spacial score (nSPS) is 27.6. The fourth-order valence-electron chi connectivity index (χ4n) is 2.19. The number of aromatic nitrogens is 2. The second-order valence-electron chi connectivity index (χ2n) is 4.56. The van der Waals surface area contributed by atoms with Crippen LogP contribution in [-0.2, 0) is 6.54 Å². The molecular formula is C11H15N3. The summed E-state index contributed by atoms with van der Waals surface area (Å²) >= 11 is 0. The van der Waals surface area contributed by atoms with E-state index >= 15 is 0 Å². The maximum absolute atomic E-state index is 4.60. The zero-order valence-electron chi connectivity index (χ0n) is 8.64. The third kappa shape index (κ3) is 1.20. The molecule has 0 N–H and O–H groups in total. The van der Waals surface area contributed by atoms with Crippen molar-refractivity contribution in [1.82, 2.24) is 14.5 Å². The molecule has 0 radical (unpaired) electrons. The molecule has 2 atom stereocenters. The van der Waals surface area contributed by atoms with Gasteiger partial charge in [-0.2, -0.15) is 0 Å². The lowest BCUT2D eigenvalue weighted by atomic mass is 10.3. The van der Waals surface area contributed by atoms with Crippen molar-refractivity contribution in [2.45, 2.75) is 19.0 Å². The summed E-state index contributed by atoms with van der Waals surface area (Å²) in [6, 6.07) is 0.721. The summed E-state index contributed by atoms with van der Waals surface area (Å²) in [5, 5.41) is 0. The quantitative estimate of drug-likeness (QED) is 0.703. The monoisotopic (exact) mass is 189 g/mol.